The Kier molecular flexibility index (Phi) is 2.78. The van der Waals surface area contributed by atoms with Crippen molar-refractivity contribution in [2.45, 2.75) is 24.7 Å². The van der Waals surface area contributed by atoms with Crippen molar-refractivity contribution >= 4 is 5.97 Å². The zero-order valence-corrected chi connectivity index (χ0v) is 9.24. The molecule has 3 rings (SSSR count). The molecular formula is C12H13NO4. The van der Waals surface area contributed by atoms with Gasteiger partial charge in [-0.2, -0.15) is 0 Å². The van der Waals surface area contributed by atoms with Crippen LogP contribution in [0.1, 0.15) is 16.8 Å². The van der Waals surface area contributed by atoms with Gasteiger partial charge < -0.3 is 14.2 Å². The van der Waals surface area contributed by atoms with Crippen molar-refractivity contribution in [3.63, 3.8) is 0 Å². The number of pyridine rings is 1. The minimum absolute atomic E-state index is 0.0849. The van der Waals surface area contributed by atoms with E-state index in [4.69, 9.17) is 14.2 Å². The highest BCUT2D eigenvalue weighted by Crippen LogP contribution is 2.28. The molecule has 2 aliphatic rings. The molecule has 5 nitrogen and oxygen atoms in total. The van der Waals surface area contributed by atoms with Crippen molar-refractivity contribution in [1.82, 2.24) is 4.98 Å². The number of carbonyl (C=O) groups excluding carboxylic acids is 1. The van der Waals surface area contributed by atoms with Crippen LogP contribution in [0.3, 0.4) is 0 Å². The molecule has 0 bridgehead atoms. The number of hydrogen-bond donors (Lipinski definition) is 0. The quantitative estimate of drug-likeness (QED) is 0.709. The number of fused-ring (bicyclic) bond motifs is 1. The number of ether oxygens (including phenoxy) is 3. The van der Waals surface area contributed by atoms with Crippen LogP contribution in [0.4, 0.5) is 0 Å². The highest BCUT2D eigenvalue weighted by atomic mass is 16.6. The van der Waals surface area contributed by atoms with Gasteiger partial charge in [0, 0.05) is 19.0 Å². The summed E-state index contributed by atoms with van der Waals surface area (Å²) in [5.74, 6) is -0.372. The van der Waals surface area contributed by atoms with Gasteiger partial charge in [0.1, 0.15) is 6.10 Å². The van der Waals surface area contributed by atoms with Gasteiger partial charge in [0.2, 0.25) is 0 Å². The number of nitrogens with zero attached hydrogens (tertiary/aromatic N) is 1. The first-order valence-electron chi connectivity index (χ1n) is 5.69. The first-order chi connectivity index (χ1) is 8.34. The average Bonchev–Trinajstić information content (AvgIpc) is 2.95. The highest BCUT2D eigenvalue weighted by molar-refractivity contribution is 5.89. The fraction of sp³-hybridized carbons (Fsp3) is 0.500. The molecule has 0 saturated carbocycles. The van der Waals surface area contributed by atoms with Crippen LogP contribution in [0.5, 0.6) is 0 Å². The Hall–Kier alpha value is -1.46. The lowest BCUT2D eigenvalue weighted by Crippen LogP contribution is -2.32. The van der Waals surface area contributed by atoms with Gasteiger partial charge in [0.05, 0.1) is 18.3 Å². The van der Waals surface area contributed by atoms with E-state index in [1.165, 1.54) is 6.20 Å². The van der Waals surface area contributed by atoms with Gasteiger partial charge in [-0.3, -0.25) is 4.98 Å². The summed E-state index contributed by atoms with van der Waals surface area (Å²) < 4.78 is 16.4. The number of rotatable bonds is 2. The second-order valence-electron chi connectivity index (χ2n) is 4.18. The van der Waals surface area contributed by atoms with Crippen LogP contribution in [0.25, 0.3) is 0 Å². The first kappa shape index (κ1) is 10.7. The third-order valence-corrected chi connectivity index (χ3v) is 3.08. The number of aromatic nitrogens is 1. The lowest BCUT2D eigenvalue weighted by atomic mass is 10.1. The van der Waals surface area contributed by atoms with Crippen LogP contribution in [-0.4, -0.2) is 42.5 Å². The smallest absolute Gasteiger partial charge is 0.340 e. The fourth-order valence-corrected chi connectivity index (χ4v) is 2.22. The topological polar surface area (TPSA) is 57.7 Å². The average molecular weight is 235 g/mol. The Morgan fingerprint density at radius 3 is 3.24 bits per heavy atom. The standard InChI is InChI=1S/C12H13NO4/c14-12(8-2-1-4-13-6-8)17-10-7-16-9-3-5-15-11(9)10/h1-2,4,6,9-11H,3,5,7H2/t9-,10?,11+/m1/s1. The van der Waals surface area contributed by atoms with Crippen LogP contribution in [0.15, 0.2) is 24.5 Å². The van der Waals surface area contributed by atoms with Crippen LogP contribution in [-0.2, 0) is 14.2 Å². The lowest BCUT2D eigenvalue weighted by molar-refractivity contribution is -0.0148. The Morgan fingerprint density at radius 1 is 1.47 bits per heavy atom. The molecule has 1 aromatic heterocycles. The normalized spacial score (nSPS) is 31.2. The molecule has 2 fully saturated rings. The van der Waals surface area contributed by atoms with Gasteiger partial charge in [-0.25, -0.2) is 4.79 Å². The third-order valence-electron chi connectivity index (χ3n) is 3.08. The minimum atomic E-state index is -0.372. The summed E-state index contributed by atoms with van der Waals surface area (Å²) in [6, 6.07) is 3.38. The van der Waals surface area contributed by atoms with Gasteiger partial charge in [-0.1, -0.05) is 0 Å². The first-order valence-corrected chi connectivity index (χ1v) is 5.69. The number of carbonyl (C=O) groups is 1. The zero-order chi connectivity index (χ0) is 11.7. The molecule has 0 amide bonds. The molecular weight excluding hydrogens is 222 g/mol. The summed E-state index contributed by atoms with van der Waals surface area (Å²) in [5, 5.41) is 0. The summed E-state index contributed by atoms with van der Waals surface area (Å²) in [7, 11) is 0. The van der Waals surface area contributed by atoms with E-state index in [-0.39, 0.29) is 24.3 Å². The predicted molar refractivity (Wildman–Crippen MR) is 57.5 cm³/mol. The number of esters is 1. The van der Waals surface area contributed by atoms with Crippen molar-refractivity contribution in [3.8, 4) is 0 Å². The number of hydrogen-bond acceptors (Lipinski definition) is 5. The fourth-order valence-electron chi connectivity index (χ4n) is 2.22. The van der Waals surface area contributed by atoms with Crippen LogP contribution in [0, 0.1) is 0 Å². The van der Waals surface area contributed by atoms with Crippen LogP contribution in [0.2, 0.25) is 0 Å². The van der Waals surface area contributed by atoms with Crippen LogP contribution < -0.4 is 0 Å². The molecule has 3 heterocycles. The summed E-state index contributed by atoms with van der Waals surface area (Å²) in [6.45, 7) is 1.09. The van der Waals surface area contributed by atoms with Gasteiger partial charge in [-0.05, 0) is 18.6 Å². The molecule has 1 aromatic rings. The second kappa shape index (κ2) is 4.43. The SMILES string of the molecule is O=C(OC1CO[C@@H]2CCO[C@H]12)c1cccnc1. The van der Waals surface area contributed by atoms with E-state index < -0.39 is 0 Å². The van der Waals surface area contributed by atoms with Gasteiger partial charge >= 0.3 is 5.97 Å². The van der Waals surface area contributed by atoms with Gasteiger partial charge in [0.15, 0.2) is 6.10 Å². The minimum Gasteiger partial charge on any atom is -0.453 e. The molecule has 0 radical (unpaired) electrons. The molecule has 3 atom stereocenters. The second-order valence-corrected chi connectivity index (χ2v) is 4.18. The summed E-state index contributed by atoms with van der Waals surface area (Å²) >= 11 is 0. The summed E-state index contributed by atoms with van der Waals surface area (Å²) in [6.07, 6.45) is 3.68. The maximum Gasteiger partial charge on any atom is 0.340 e. The largest absolute Gasteiger partial charge is 0.453 e. The molecule has 2 saturated heterocycles. The Morgan fingerprint density at radius 2 is 2.41 bits per heavy atom. The molecule has 17 heavy (non-hydrogen) atoms. The lowest BCUT2D eigenvalue weighted by Gasteiger charge is -2.16. The van der Waals surface area contributed by atoms with Gasteiger partial charge in [0.25, 0.3) is 0 Å². The van der Waals surface area contributed by atoms with Crippen molar-refractivity contribution < 1.29 is 19.0 Å². The molecule has 90 valence electrons. The molecule has 1 unspecified atom stereocenters. The van der Waals surface area contributed by atoms with E-state index in [1.54, 1.807) is 18.3 Å². The van der Waals surface area contributed by atoms with E-state index in [2.05, 4.69) is 4.98 Å². The van der Waals surface area contributed by atoms with E-state index in [0.29, 0.717) is 18.8 Å². The van der Waals surface area contributed by atoms with Crippen LogP contribution >= 0.6 is 0 Å². The molecule has 0 spiro atoms. The molecule has 5 heteroatoms. The van der Waals surface area contributed by atoms with E-state index >= 15 is 0 Å². The van der Waals surface area contributed by atoms with E-state index in [9.17, 15) is 4.79 Å². The molecule has 0 aromatic carbocycles. The maximum absolute atomic E-state index is 11.8. The Labute approximate surface area is 98.7 Å². The Bertz CT molecular complexity index is 408. The third kappa shape index (κ3) is 2.03. The summed E-state index contributed by atoms with van der Waals surface area (Å²) in [5.41, 5.74) is 0.453. The monoisotopic (exact) mass is 235 g/mol. The maximum atomic E-state index is 11.8. The Balaban J connectivity index is 1.66. The molecule has 0 N–H and O–H groups in total. The predicted octanol–water partition coefficient (Wildman–Crippen LogP) is 0.795. The van der Waals surface area contributed by atoms with Crippen molar-refractivity contribution in [2.24, 2.45) is 0 Å². The van der Waals surface area contributed by atoms with Gasteiger partial charge in [-0.15, -0.1) is 0 Å². The van der Waals surface area contributed by atoms with Crippen molar-refractivity contribution in [3.05, 3.63) is 30.1 Å². The zero-order valence-electron chi connectivity index (χ0n) is 9.24. The summed E-state index contributed by atoms with van der Waals surface area (Å²) in [4.78, 5) is 15.7. The van der Waals surface area contributed by atoms with E-state index in [1.807, 2.05) is 0 Å². The molecule has 0 aliphatic carbocycles. The van der Waals surface area contributed by atoms with Crippen molar-refractivity contribution in [2.75, 3.05) is 13.2 Å². The van der Waals surface area contributed by atoms with Crippen molar-refractivity contribution in [1.29, 1.82) is 0 Å². The highest BCUT2D eigenvalue weighted by Gasteiger charge is 2.44. The molecule has 2 aliphatic heterocycles. The van der Waals surface area contributed by atoms with E-state index in [0.717, 1.165) is 6.42 Å².